The summed E-state index contributed by atoms with van der Waals surface area (Å²) >= 11 is 0. The van der Waals surface area contributed by atoms with E-state index in [1.54, 1.807) is 28.8 Å². The van der Waals surface area contributed by atoms with Crippen LogP contribution in [0.25, 0.3) is 16.7 Å². The van der Waals surface area contributed by atoms with Crippen LogP contribution in [0.2, 0.25) is 0 Å². The number of esters is 1. The molecule has 2 aromatic carbocycles. The van der Waals surface area contributed by atoms with E-state index in [-0.39, 0.29) is 35.4 Å². The first-order valence-corrected chi connectivity index (χ1v) is 11.1. The fourth-order valence-corrected chi connectivity index (χ4v) is 3.90. The maximum atomic E-state index is 13.3. The van der Waals surface area contributed by atoms with E-state index in [2.05, 4.69) is 16.6 Å². The molecule has 0 aliphatic heterocycles. The molecule has 0 bridgehead atoms. The molecule has 184 valence electrons. The van der Waals surface area contributed by atoms with Crippen LogP contribution in [-0.4, -0.2) is 54.5 Å². The van der Waals surface area contributed by atoms with Gasteiger partial charge in [0.1, 0.15) is 11.5 Å². The van der Waals surface area contributed by atoms with Gasteiger partial charge < -0.3 is 9.47 Å². The third-order valence-corrected chi connectivity index (χ3v) is 5.50. The number of methoxy groups -OCH3 is 1. The second-order valence-corrected chi connectivity index (χ2v) is 7.96. The molecule has 0 aliphatic carbocycles. The number of halogens is 2. The molecule has 0 saturated heterocycles. The quantitative estimate of drug-likeness (QED) is 0.248. The standard InChI is InChI=1S/C26H27F2N3O4/c1-5-20(30(2)3)25-29-19-14-13-17(9-6-7-12-23(33)34-4)15-21(19)31(25)24-18(16-32)10-8-11-22(24)35-26(27)28/h8,10-11,13-16,20,26H,5,7,12H2,1-4H3. The number of hydrogen-bond acceptors (Lipinski definition) is 6. The highest BCUT2D eigenvalue weighted by atomic mass is 19.3. The van der Waals surface area contributed by atoms with Crippen molar-refractivity contribution in [3.63, 3.8) is 0 Å². The number of hydrogen-bond donors (Lipinski definition) is 0. The van der Waals surface area contributed by atoms with E-state index < -0.39 is 6.61 Å². The van der Waals surface area contributed by atoms with Crippen LogP contribution in [0, 0.1) is 11.8 Å². The lowest BCUT2D eigenvalue weighted by Crippen LogP contribution is -2.23. The molecular weight excluding hydrogens is 456 g/mol. The Balaban J connectivity index is 2.26. The second kappa shape index (κ2) is 11.6. The van der Waals surface area contributed by atoms with E-state index in [0.717, 1.165) is 0 Å². The molecule has 0 N–H and O–H groups in total. The molecule has 3 aromatic rings. The SMILES string of the molecule is CCC(c1nc2ccc(C#CCCC(=O)OC)cc2n1-c1c(C=O)cccc1OC(F)F)N(C)C. The molecule has 0 fully saturated rings. The number of imidazole rings is 1. The van der Waals surface area contributed by atoms with Crippen molar-refractivity contribution < 1.29 is 27.8 Å². The average Bonchev–Trinajstić information content (AvgIpc) is 3.19. The molecule has 9 heteroatoms. The fraction of sp³-hybridized carbons (Fsp3) is 0.346. The number of aldehydes is 1. The largest absolute Gasteiger partial charge is 0.469 e. The van der Waals surface area contributed by atoms with Crippen molar-refractivity contribution in [2.75, 3.05) is 21.2 Å². The summed E-state index contributed by atoms with van der Waals surface area (Å²) < 4.78 is 37.7. The van der Waals surface area contributed by atoms with Crippen molar-refractivity contribution in [2.45, 2.75) is 38.8 Å². The first-order chi connectivity index (χ1) is 16.8. The van der Waals surface area contributed by atoms with Crippen LogP contribution in [0.1, 0.15) is 54.0 Å². The predicted octanol–water partition coefficient (Wildman–Crippen LogP) is 4.76. The van der Waals surface area contributed by atoms with Crippen LogP contribution in [-0.2, 0) is 9.53 Å². The second-order valence-electron chi connectivity index (χ2n) is 7.96. The molecule has 1 atom stereocenters. The highest BCUT2D eigenvalue weighted by molar-refractivity contribution is 5.87. The summed E-state index contributed by atoms with van der Waals surface area (Å²) in [5.74, 6) is 6.06. The number of alkyl halides is 2. The molecule has 0 saturated carbocycles. The molecular formula is C26H27F2N3O4. The Kier molecular flexibility index (Phi) is 8.55. The summed E-state index contributed by atoms with van der Waals surface area (Å²) in [5, 5.41) is 0. The topological polar surface area (TPSA) is 73.7 Å². The zero-order chi connectivity index (χ0) is 25.5. The Morgan fingerprint density at radius 3 is 2.66 bits per heavy atom. The first kappa shape index (κ1) is 25.8. The molecule has 0 spiro atoms. The molecule has 3 rings (SSSR count). The number of rotatable bonds is 9. The maximum absolute atomic E-state index is 13.3. The van der Waals surface area contributed by atoms with Crippen LogP contribution in [0.5, 0.6) is 5.75 Å². The van der Waals surface area contributed by atoms with E-state index in [9.17, 15) is 18.4 Å². The average molecular weight is 484 g/mol. The third kappa shape index (κ3) is 5.84. The van der Waals surface area contributed by atoms with Gasteiger partial charge in [-0.25, -0.2) is 4.98 Å². The monoisotopic (exact) mass is 483 g/mol. The van der Waals surface area contributed by atoms with Gasteiger partial charge in [0.2, 0.25) is 0 Å². The number of carbonyl (C=O) groups excluding carboxylic acids is 2. The smallest absolute Gasteiger partial charge is 0.387 e. The van der Waals surface area contributed by atoms with Gasteiger partial charge in [-0.15, -0.1) is 0 Å². The molecule has 1 unspecified atom stereocenters. The minimum Gasteiger partial charge on any atom is -0.469 e. The Hall–Kier alpha value is -3.77. The third-order valence-electron chi connectivity index (χ3n) is 5.50. The number of ether oxygens (including phenoxy) is 2. The zero-order valence-electron chi connectivity index (χ0n) is 20.0. The van der Waals surface area contributed by atoms with Gasteiger partial charge in [0, 0.05) is 17.5 Å². The van der Waals surface area contributed by atoms with Gasteiger partial charge in [0.05, 0.1) is 30.6 Å². The lowest BCUT2D eigenvalue weighted by Gasteiger charge is -2.25. The van der Waals surface area contributed by atoms with Gasteiger partial charge in [0.25, 0.3) is 0 Å². The lowest BCUT2D eigenvalue weighted by molar-refractivity contribution is -0.140. The van der Waals surface area contributed by atoms with Gasteiger partial charge in [-0.3, -0.25) is 19.1 Å². The van der Waals surface area contributed by atoms with Crippen LogP contribution in [0.15, 0.2) is 36.4 Å². The number of nitrogens with zero attached hydrogens (tertiary/aromatic N) is 3. The zero-order valence-corrected chi connectivity index (χ0v) is 20.0. The summed E-state index contributed by atoms with van der Waals surface area (Å²) in [5.41, 5.74) is 2.23. The molecule has 0 radical (unpaired) electrons. The summed E-state index contributed by atoms with van der Waals surface area (Å²) in [6, 6.07) is 9.64. The number of fused-ring (bicyclic) bond motifs is 1. The number of aromatic nitrogens is 2. The van der Waals surface area contributed by atoms with Crippen molar-refractivity contribution in [3.8, 4) is 23.3 Å². The number of para-hydroxylation sites is 1. The fourth-order valence-electron chi connectivity index (χ4n) is 3.90. The van der Waals surface area contributed by atoms with Gasteiger partial charge in [-0.05, 0) is 50.8 Å². The van der Waals surface area contributed by atoms with E-state index in [0.29, 0.717) is 41.5 Å². The molecule has 35 heavy (non-hydrogen) atoms. The number of benzene rings is 2. The molecule has 7 nitrogen and oxygen atoms in total. The first-order valence-electron chi connectivity index (χ1n) is 11.1. The van der Waals surface area contributed by atoms with Crippen LogP contribution < -0.4 is 4.74 Å². The van der Waals surface area contributed by atoms with E-state index >= 15 is 0 Å². The van der Waals surface area contributed by atoms with Gasteiger partial charge in [-0.2, -0.15) is 8.78 Å². The molecule has 0 amide bonds. The van der Waals surface area contributed by atoms with Crippen LogP contribution >= 0.6 is 0 Å². The van der Waals surface area contributed by atoms with Gasteiger partial charge >= 0.3 is 12.6 Å². The Morgan fingerprint density at radius 1 is 1.26 bits per heavy atom. The predicted molar refractivity (Wildman–Crippen MR) is 128 cm³/mol. The maximum Gasteiger partial charge on any atom is 0.387 e. The minimum absolute atomic E-state index is 0.131. The van der Waals surface area contributed by atoms with Crippen molar-refractivity contribution >= 4 is 23.3 Å². The van der Waals surface area contributed by atoms with Crippen molar-refractivity contribution in [3.05, 3.63) is 53.3 Å². The normalized spacial score (nSPS) is 11.9. The van der Waals surface area contributed by atoms with E-state index in [1.807, 2.05) is 25.9 Å². The Bertz CT molecular complexity index is 1270. The summed E-state index contributed by atoms with van der Waals surface area (Å²) in [7, 11) is 5.12. The number of carbonyl (C=O) groups is 2. The van der Waals surface area contributed by atoms with Gasteiger partial charge in [0.15, 0.2) is 12.0 Å². The minimum atomic E-state index is -3.07. The summed E-state index contributed by atoms with van der Waals surface area (Å²) in [6.45, 7) is -1.07. The van der Waals surface area contributed by atoms with Gasteiger partial charge in [-0.1, -0.05) is 24.8 Å². The van der Waals surface area contributed by atoms with E-state index in [1.165, 1.54) is 19.2 Å². The van der Waals surface area contributed by atoms with Crippen molar-refractivity contribution in [1.82, 2.24) is 14.5 Å². The highest BCUT2D eigenvalue weighted by Crippen LogP contribution is 2.35. The molecule has 1 aromatic heterocycles. The van der Waals surface area contributed by atoms with Crippen LogP contribution in [0.3, 0.4) is 0 Å². The Morgan fingerprint density at radius 2 is 2.03 bits per heavy atom. The molecule has 1 heterocycles. The van der Waals surface area contributed by atoms with E-state index in [4.69, 9.17) is 9.72 Å². The van der Waals surface area contributed by atoms with Crippen molar-refractivity contribution in [1.29, 1.82) is 0 Å². The van der Waals surface area contributed by atoms with Crippen LogP contribution in [0.4, 0.5) is 8.78 Å². The van der Waals surface area contributed by atoms with Crippen molar-refractivity contribution in [2.24, 2.45) is 0 Å². The highest BCUT2D eigenvalue weighted by Gasteiger charge is 2.26. The molecule has 0 aliphatic rings. The summed E-state index contributed by atoms with van der Waals surface area (Å²) in [4.78, 5) is 30.1. The Labute approximate surface area is 202 Å². The lowest BCUT2D eigenvalue weighted by atomic mass is 10.1. The summed E-state index contributed by atoms with van der Waals surface area (Å²) in [6.07, 6.45) is 1.80.